The molecule has 0 amide bonds. The van der Waals surface area contributed by atoms with Gasteiger partial charge in [0.25, 0.3) is 0 Å². The smallest absolute Gasteiger partial charge is 0.0533 e. The molecule has 0 aliphatic heterocycles. The van der Waals surface area contributed by atoms with Gasteiger partial charge in [0.2, 0.25) is 0 Å². The third-order valence-corrected chi connectivity index (χ3v) is 8.96. The molecule has 0 unspecified atom stereocenters. The predicted octanol–water partition coefficient (Wildman–Crippen LogP) is 15.1. The van der Waals surface area contributed by atoms with E-state index < -0.39 is 0 Å². The summed E-state index contributed by atoms with van der Waals surface area (Å²) in [5.74, 6) is 0. The Bertz CT molecular complexity index is 336. The van der Waals surface area contributed by atoms with Crippen LogP contribution in [0.25, 0.3) is 0 Å². The molecule has 0 aromatic rings. The fourth-order valence-electron chi connectivity index (χ4n) is 6.16. The first-order valence-electron chi connectivity index (χ1n) is 18.9. The van der Waals surface area contributed by atoms with Crippen molar-refractivity contribution in [3.8, 4) is 0 Å². The maximum atomic E-state index is 2.31. The van der Waals surface area contributed by atoms with Crippen LogP contribution in [0.15, 0.2) is 0 Å². The van der Waals surface area contributed by atoms with Gasteiger partial charge in [-0.05, 0) is 0 Å². The quantitative estimate of drug-likeness (QED) is 0.0709. The SMILES string of the molecule is CCCCCCCCCCCCCCCCCCCCCCCCCCCCCCCCCCCCCC. The highest BCUT2D eigenvalue weighted by Crippen LogP contribution is 2.17. The molecule has 0 heterocycles. The average Bonchev–Trinajstić information content (AvgIpc) is 2.93. The third-order valence-electron chi connectivity index (χ3n) is 8.96. The molecule has 0 saturated carbocycles. The Hall–Kier alpha value is 0. The lowest BCUT2D eigenvalue weighted by Gasteiger charge is -2.05. The van der Waals surface area contributed by atoms with Crippen molar-refractivity contribution in [3.63, 3.8) is 0 Å². The molecule has 0 aliphatic rings. The van der Waals surface area contributed by atoms with Crippen molar-refractivity contribution in [1.82, 2.24) is 0 Å². The number of rotatable bonds is 35. The maximum absolute atomic E-state index is 2.31. The van der Waals surface area contributed by atoms with Crippen LogP contribution >= 0.6 is 0 Å². The molecule has 0 atom stereocenters. The van der Waals surface area contributed by atoms with Crippen LogP contribution in [0, 0.1) is 0 Å². The van der Waals surface area contributed by atoms with E-state index in [0.29, 0.717) is 0 Å². The molecule has 0 heteroatoms. The van der Waals surface area contributed by atoms with Crippen molar-refractivity contribution in [3.05, 3.63) is 0 Å². The van der Waals surface area contributed by atoms with Crippen LogP contribution in [0.3, 0.4) is 0 Å². The summed E-state index contributed by atoms with van der Waals surface area (Å²) in [5.41, 5.74) is 0. The van der Waals surface area contributed by atoms with Gasteiger partial charge in [-0.1, -0.05) is 245 Å². The molecular formula is C38H78. The van der Waals surface area contributed by atoms with E-state index in [4.69, 9.17) is 0 Å². The molecule has 0 rings (SSSR count). The molecule has 0 fully saturated rings. The second-order valence-corrected chi connectivity index (χ2v) is 13.0. The van der Waals surface area contributed by atoms with Gasteiger partial charge in [-0.3, -0.25) is 0 Å². The van der Waals surface area contributed by atoms with Gasteiger partial charge in [0.1, 0.15) is 0 Å². The first-order chi connectivity index (χ1) is 18.9. The summed E-state index contributed by atoms with van der Waals surface area (Å²) in [7, 11) is 0. The normalized spacial score (nSPS) is 11.5. The first kappa shape index (κ1) is 38.0. The summed E-state index contributed by atoms with van der Waals surface area (Å²) in [6.07, 6.45) is 53.4. The van der Waals surface area contributed by atoms with E-state index in [1.165, 1.54) is 231 Å². The lowest BCUT2D eigenvalue weighted by atomic mass is 10.0. The van der Waals surface area contributed by atoms with Crippen LogP contribution in [0.4, 0.5) is 0 Å². The van der Waals surface area contributed by atoms with Gasteiger partial charge in [-0.25, -0.2) is 0 Å². The Kier molecular flexibility index (Phi) is 37.0. The maximum Gasteiger partial charge on any atom is -0.0533 e. The van der Waals surface area contributed by atoms with Crippen molar-refractivity contribution < 1.29 is 0 Å². The Morgan fingerprint density at radius 1 is 0.132 bits per heavy atom. The van der Waals surface area contributed by atoms with Gasteiger partial charge in [-0.2, -0.15) is 0 Å². The second-order valence-electron chi connectivity index (χ2n) is 13.0. The van der Waals surface area contributed by atoms with Gasteiger partial charge in [0.15, 0.2) is 0 Å². The highest BCUT2D eigenvalue weighted by atomic mass is 14.0. The Morgan fingerprint density at radius 3 is 0.289 bits per heavy atom. The van der Waals surface area contributed by atoms with E-state index in [1.807, 2.05) is 0 Å². The zero-order valence-corrected chi connectivity index (χ0v) is 27.5. The molecular weight excluding hydrogens is 456 g/mol. The summed E-state index contributed by atoms with van der Waals surface area (Å²) in [6, 6.07) is 0. The van der Waals surface area contributed by atoms with Gasteiger partial charge in [0, 0.05) is 0 Å². The minimum Gasteiger partial charge on any atom is -0.0654 e. The van der Waals surface area contributed by atoms with E-state index in [9.17, 15) is 0 Å². The number of unbranched alkanes of at least 4 members (excludes halogenated alkanes) is 35. The lowest BCUT2D eigenvalue weighted by Crippen LogP contribution is -1.85. The predicted molar refractivity (Wildman–Crippen MR) is 178 cm³/mol. The van der Waals surface area contributed by atoms with E-state index >= 15 is 0 Å². The Labute approximate surface area is 244 Å². The van der Waals surface area contributed by atoms with Crippen molar-refractivity contribution in [2.45, 2.75) is 245 Å². The zero-order chi connectivity index (χ0) is 27.5. The van der Waals surface area contributed by atoms with Crippen LogP contribution in [-0.2, 0) is 0 Å². The molecule has 0 aromatic carbocycles. The molecule has 38 heavy (non-hydrogen) atoms. The van der Waals surface area contributed by atoms with Crippen LogP contribution < -0.4 is 0 Å². The van der Waals surface area contributed by atoms with E-state index in [0.717, 1.165) is 0 Å². The summed E-state index contributed by atoms with van der Waals surface area (Å²) in [5, 5.41) is 0. The third kappa shape index (κ3) is 36.0. The molecule has 0 nitrogen and oxygen atoms in total. The lowest BCUT2D eigenvalue weighted by molar-refractivity contribution is 0.510. The Morgan fingerprint density at radius 2 is 0.211 bits per heavy atom. The second kappa shape index (κ2) is 37.0. The van der Waals surface area contributed by atoms with Crippen LogP contribution in [-0.4, -0.2) is 0 Å². The molecule has 0 N–H and O–H groups in total. The van der Waals surface area contributed by atoms with Crippen LogP contribution in [0.5, 0.6) is 0 Å². The fraction of sp³-hybridized carbons (Fsp3) is 1.00. The van der Waals surface area contributed by atoms with Gasteiger partial charge >= 0.3 is 0 Å². The monoisotopic (exact) mass is 535 g/mol. The van der Waals surface area contributed by atoms with E-state index in [2.05, 4.69) is 13.8 Å². The van der Waals surface area contributed by atoms with Crippen LogP contribution in [0.2, 0.25) is 0 Å². The van der Waals surface area contributed by atoms with E-state index in [-0.39, 0.29) is 0 Å². The molecule has 0 bridgehead atoms. The van der Waals surface area contributed by atoms with E-state index in [1.54, 1.807) is 0 Å². The number of hydrogen-bond acceptors (Lipinski definition) is 0. The molecule has 0 aliphatic carbocycles. The highest BCUT2D eigenvalue weighted by molar-refractivity contribution is 4.53. The fourth-order valence-corrected chi connectivity index (χ4v) is 6.16. The largest absolute Gasteiger partial charge is 0.0654 e. The first-order valence-corrected chi connectivity index (χ1v) is 18.9. The van der Waals surface area contributed by atoms with Gasteiger partial charge < -0.3 is 0 Å². The molecule has 0 spiro atoms. The van der Waals surface area contributed by atoms with Crippen molar-refractivity contribution in [2.75, 3.05) is 0 Å². The molecule has 0 saturated heterocycles. The highest BCUT2D eigenvalue weighted by Gasteiger charge is 1.97. The summed E-state index contributed by atoms with van der Waals surface area (Å²) >= 11 is 0. The van der Waals surface area contributed by atoms with Crippen LogP contribution in [0.1, 0.15) is 245 Å². The standard InChI is InChI=1S/C38H78/c1-3-5-7-9-11-13-15-17-19-21-23-25-27-29-31-33-35-37-38-36-34-32-30-28-26-24-22-20-18-16-14-12-10-8-6-4-2/h3-38H2,1-2H3. The minimum absolute atomic E-state index is 1.37. The zero-order valence-electron chi connectivity index (χ0n) is 27.5. The summed E-state index contributed by atoms with van der Waals surface area (Å²) < 4.78 is 0. The van der Waals surface area contributed by atoms with Crippen molar-refractivity contribution in [1.29, 1.82) is 0 Å². The van der Waals surface area contributed by atoms with Gasteiger partial charge in [-0.15, -0.1) is 0 Å². The summed E-state index contributed by atoms with van der Waals surface area (Å²) in [4.78, 5) is 0. The summed E-state index contributed by atoms with van der Waals surface area (Å²) in [6.45, 7) is 4.62. The average molecular weight is 535 g/mol. The minimum atomic E-state index is 1.37. The molecule has 0 aromatic heterocycles. The van der Waals surface area contributed by atoms with Crippen molar-refractivity contribution >= 4 is 0 Å². The van der Waals surface area contributed by atoms with Gasteiger partial charge in [0.05, 0.1) is 0 Å². The Balaban J connectivity index is 3.01. The number of hydrogen-bond donors (Lipinski definition) is 0. The topological polar surface area (TPSA) is 0 Å². The molecule has 230 valence electrons. The van der Waals surface area contributed by atoms with Crippen molar-refractivity contribution in [2.24, 2.45) is 0 Å². The molecule has 0 radical (unpaired) electrons.